The van der Waals surface area contributed by atoms with Gasteiger partial charge in [0.05, 0.1) is 10.2 Å². The quantitative estimate of drug-likeness (QED) is 0.292. The predicted octanol–water partition coefficient (Wildman–Crippen LogP) is 4.24. The Bertz CT molecular complexity index is 675. The first-order chi connectivity index (χ1) is 9.93. The van der Waals surface area contributed by atoms with E-state index in [0.717, 1.165) is 0 Å². The van der Waals surface area contributed by atoms with Crippen LogP contribution in [0.3, 0.4) is 0 Å². The lowest BCUT2D eigenvalue weighted by Crippen LogP contribution is -2.06. The summed E-state index contributed by atoms with van der Waals surface area (Å²) in [7, 11) is 0. The smallest absolute Gasteiger partial charge is 0.188 e. The SMILES string of the molecule is C/C(=N\Nc1c(F)c(F)c(Br)c(F)c1F)c1ccncc1. The number of halogens is 5. The molecule has 1 aromatic carbocycles. The Morgan fingerprint density at radius 2 is 1.57 bits per heavy atom. The highest BCUT2D eigenvalue weighted by Crippen LogP contribution is 2.31. The number of pyridine rings is 1. The second kappa shape index (κ2) is 6.21. The second-order valence-corrected chi connectivity index (χ2v) is 4.78. The number of nitrogens with zero attached hydrogens (tertiary/aromatic N) is 2. The van der Waals surface area contributed by atoms with Crippen LogP contribution in [0, 0.1) is 23.3 Å². The van der Waals surface area contributed by atoms with Gasteiger partial charge >= 0.3 is 0 Å². The van der Waals surface area contributed by atoms with E-state index in [1.54, 1.807) is 19.1 Å². The van der Waals surface area contributed by atoms with Crippen LogP contribution in [0.25, 0.3) is 0 Å². The summed E-state index contributed by atoms with van der Waals surface area (Å²) in [6.07, 6.45) is 3.02. The average molecular weight is 362 g/mol. The number of anilines is 1. The normalized spacial score (nSPS) is 11.6. The van der Waals surface area contributed by atoms with E-state index in [9.17, 15) is 17.6 Å². The fourth-order valence-corrected chi connectivity index (χ4v) is 1.85. The molecule has 2 rings (SSSR count). The van der Waals surface area contributed by atoms with Crippen LogP contribution < -0.4 is 5.43 Å². The minimum atomic E-state index is -1.56. The van der Waals surface area contributed by atoms with Gasteiger partial charge in [-0.3, -0.25) is 10.4 Å². The Labute approximate surface area is 125 Å². The summed E-state index contributed by atoms with van der Waals surface area (Å²) in [6.45, 7) is 1.56. The van der Waals surface area contributed by atoms with Gasteiger partial charge < -0.3 is 0 Å². The molecule has 0 radical (unpaired) electrons. The third kappa shape index (κ3) is 3.05. The van der Waals surface area contributed by atoms with Crippen molar-refractivity contribution >= 4 is 27.3 Å². The van der Waals surface area contributed by atoms with Crippen LogP contribution in [0.4, 0.5) is 23.2 Å². The lowest BCUT2D eigenvalue weighted by molar-refractivity contribution is 0.451. The first-order valence-corrected chi connectivity index (χ1v) is 6.45. The zero-order chi connectivity index (χ0) is 15.6. The van der Waals surface area contributed by atoms with Gasteiger partial charge in [0, 0.05) is 18.0 Å². The van der Waals surface area contributed by atoms with Crippen molar-refractivity contribution in [1.82, 2.24) is 4.98 Å². The molecule has 1 heterocycles. The van der Waals surface area contributed by atoms with Crippen molar-refractivity contribution in [3.05, 3.63) is 57.8 Å². The zero-order valence-corrected chi connectivity index (χ0v) is 12.2. The van der Waals surface area contributed by atoms with E-state index in [1.807, 2.05) is 5.43 Å². The van der Waals surface area contributed by atoms with E-state index in [2.05, 4.69) is 26.0 Å². The maximum absolute atomic E-state index is 13.6. The Hall–Kier alpha value is -1.96. The average Bonchev–Trinajstić information content (AvgIpc) is 2.51. The summed E-state index contributed by atoms with van der Waals surface area (Å²) in [4.78, 5) is 3.81. The van der Waals surface area contributed by atoms with Gasteiger partial charge in [-0.15, -0.1) is 0 Å². The van der Waals surface area contributed by atoms with E-state index in [-0.39, 0.29) is 0 Å². The lowest BCUT2D eigenvalue weighted by atomic mass is 10.2. The van der Waals surface area contributed by atoms with Crippen molar-refractivity contribution in [2.24, 2.45) is 5.10 Å². The van der Waals surface area contributed by atoms with Gasteiger partial charge in [-0.1, -0.05) is 0 Å². The molecule has 0 amide bonds. The molecule has 0 fully saturated rings. The van der Waals surface area contributed by atoms with Crippen LogP contribution in [-0.2, 0) is 0 Å². The molecule has 0 aliphatic heterocycles. The highest BCUT2D eigenvalue weighted by atomic mass is 79.9. The molecule has 1 N–H and O–H groups in total. The lowest BCUT2D eigenvalue weighted by Gasteiger charge is -2.09. The summed E-state index contributed by atoms with van der Waals surface area (Å²) >= 11 is 2.43. The second-order valence-electron chi connectivity index (χ2n) is 3.99. The maximum atomic E-state index is 13.6. The summed E-state index contributed by atoms with van der Waals surface area (Å²) < 4.78 is 53.0. The molecule has 1 aromatic heterocycles. The molecule has 0 unspecified atom stereocenters. The number of hydrogen-bond donors (Lipinski definition) is 1. The predicted molar refractivity (Wildman–Crippen MR) is 74.0 cm³/mol. The summed E-state index contributed by atoms with van der Waals surface area (Å²) in [5.74, 6) is -6.19. The fraction of sp³-hybridized carbons (Fsp3) is 0.0769. The molecule has 0 saturated carbocycles. The van der Waals surface area contributed by atoms with E-state index >= 15 is 0 Å². The van der Waals surface area contributed by atoms with Crippen LogP contribution >= 0.6 is 15.9 Å². The molecule has 0 saturated heterocycles. The van der Waals surface area contributed by atoms with Crippen LogP contribution in [0.1, 0.15) is 12.5 Å². The van der Waals surface area contributed by atoms with Crippen LogP contribution in [0.15, 0.2) is 34.1 Å². The Morgan fingerprint density at radius 1 is 1.05 bits per heavy atom. The van der Waals surface area contributed by atoms with E-state index in [1.165, 1.54) is 12.4 Å². The van der Waals surface area contributed by atoms with Gasteiger partial charge in [-0.25, -0.2) is 17.6 Å². The summed E-state index contributed by atoms with van der Waals surface area (Å²) in [5, 5.41) is 3.71. The number of aromatic nitrogens is 1. The van der Waals surface area contributed by atoms with Crippen LogP contribution in [-0.4, -0.2) is 10.7 Å². The molecular weight excluding hydrogens is 354 g/mol. The third-order valence-corrected chi connectivity index (χ3v) is 3.34. The van der Waals surface area contributed by atoms with Gasteiger partial charge in [0.15, 0.2) is 23.3 Å². The van der Waals surface area contributed by atoms with Gasteiger partial charge in [-0.05, 0) is 35.0 Å². The molecule has 0 atom stereocenters. The van der Waals surface area contributed by atoms with Crippen molar-refractivity contribution < 1.29 is 17.6 Å². The zero-order valence-electron chi connectivity index (χ0n) is 10.6. The number of rotatable bonds is 3. The fourth-order valence-electron chi connectivity index (χ4n) is 1.50. The van der Waals surface area contributed by atoms with Crippen molar-refractivity contribution in [3.63, 3.8) is 0 Å². The van der Waals surface area contributed by atoms with E-state index < -0.39 is 33.4 Å². The minimum absolute atomic E-state index is 0.361. The minimum Gasteiger partial charge on any atom is -0.272 e. The number of benzene rings is 1. The third-order valence-electron chi connectivity index (χ3n) is 2.64. The highest BCUT2D eigenvalue weighted by Gasteiger charge is 2.24. The van der Waals surface area contributed by atoms with E-state index in [0.29, 0.717) is 11.3 Å². The first kappa shape index (κ1) is 15.4. The highest BCUT2D eigenvalue weighted by molar-refractivity contribution is 9.10. The molecule has 0 aliphatic rings. The Balaban J connectivity index is 2.37. The first-order valence-electron chi connectivity index (χ1n) is 5.65. The molecule has 110 valence electrons. The van der Waals surface area contributed by atoms with Gasteiger partial charge in [0.25, 0.3) is 0 Å². The Morgan fingerprint density at radius 3 is 2.10 bits per heavy atom. The molecule has 8 heteroatoms. The number of hydrogen-bond acceptors (Lipinski definition) is 3. The van der Waals surface area contributed by atoms with Crippen molar-refractivity contribution in [3.8, 4) is 0 Å². The molecule has 3 nitrogen and oxygen atoms in total. The number of hydrazone groups is 1. The maximum Gasteiger partial charge on any atom is 0.188 e. The van der Waals surface area contributed by atoms with Crippen molar-refractivity contribution in [2.75, 3.05) is 5.43 Å². The van der Waals surface area contributed by atoms with Crippen LogP contribution in [0.5, 0.6) is 0 Å². The summed E-state index contributed by atoms with van der Waals surface area (Å²) in [5.41, 5.74) is 2.00. The van der Waals surface area contributed by atoms with Gasteiger partial charge in [0.2, 0.25) is 0 Å². The molecule has 21 heavy (non-hydrogen) atoms. The van der Waals surface area contributed by atoms with Crippen molar-refractivity contribution in [1.29, 1.82) is 0 Å². The largest absolute Gasteiger partial charge is 0.272 e. The topological polar surface area (TPSA) is 37.3 Å². The molecule has 0 spiro atoms. The van der Waals surface area contributed by atoms with Gasteiger partial charge in [0.1, 0.15) is 5.69 Å². The standard InChI is InChI=1S/C13H8BrF4N3/c1-6(7-2-4-19-5-3-7)20-21-13-11(17)9(15)8(14)10(16)12(13)18/h2-5,21H,1H3/b20-6+. The molecular formula is C13H8BrF4N3. The van der Waals surface area contributed by atoms with Crippen LogP contribution in [0.2, 0.25) is 0 Å². The van der Waals surface area contributed by atoms with E-state index in [4.69, 9.17) is 0 Å². The van der Waals surface area contributed by atoms with Gasteiger partial charge in [-0.2, -0.15) is 5.10 Å². The molecule has 0 aliphatic carbocycles. The summed E-state index contributed by atoms with van der Waals surface area (Å²) in [6, 6.07) is 3.24. The number of nitrogens with one attached hydrogen (secondary N) is 1. The molecule has 0 bridgehead atoms. The Kier molecular flexibility index (Phi) is 4.56. The molecule has 2 aromatic rings. The van der Waals surface area contributed by atoms with Crippen molar-refractivity contribution in [2.45, 2.75) is 6.92 Å². The monoisotopic (exact) mass is 361 g/mol.